The molecular weight excluding hydrogens is 372 g/mol. The average molecular weight is 389 g/mol. The number of halogens is 1. The molecule has 0 heterocycles. The zero-order chi connectivity index (χ0) is 17.4. The Morgan fingerprint density at radius 3 is 2.58 bits per heavy atom. The number of rotatable bonds is 5. The van der Waals surface area contributed by atoms with Gasteiger partial charge in [0.05, 0.1) is 12.7 Å². The summed E-state index contributed by atoms with van der Waals surface area (Å²) in [6.45, 7) is 0.359. The van der Waals surface area contributed by atoms with Crippen molar-refractivity contribution >= 4 is 34.0 Å². The first-order valence-corrected chi connectivity index (χ1v) is 8.01. The van der Waals surface area contributed by atoms with Crippen LogP contribution in [-0.2, 0) is 11.3 Å². The smallest absolute Gasteiger partial charge is 0.337 e. The van der Waals surface area contributed by atoms with Gasteiger partial charge in [0.2, 0.25) is 0 Å². The average Bonchev–Trinajstić information content (AvgIpc) is 2.60. The van der Waals surface area contributed by atoms with Crippen LogP contribution < -0.4 is 10.6 Å². The molecule has 0 radical (unpaired) electrons. The van der Waals surface area contributed by atoms with Gasteiger partial charge in [0.25, 0.3) is 0 Å². The third kappa shape index (κ3) is 5.55. The van der Waals surface area contributed by atoms with E-state index in [1.807, 2.05) is 24.3 Å². The topological polar surface area (TPSA) is 67.4 Å². The zero-order valence-corrected chi connectivity index (χ0v) is 14.7. The maximum atomic E-state index is 11.7. The van der Waals surface area contributed by atoms with Gasteiger partial charge >= 0.3 is 12.0 Å². The number of nitrogens with one attached hydrogen (secondary N) is 2. The Morgan fingerprint density at radius 1 is 1.17 bits per heavy atom. The summed E-state index contributed by atoms with van der Waals surface area (Å²) >= 11 is 3.39. The number of urea groups is 1. The van der Waals surface area contributed by atoms with Crippen LogP contribution in [0.15, 0.2) is 59.2 Å². The molecule has 0 aliphatic heterocycles. The van der Waals surface area contributed by atoms with Gasteiger partial charge in [0.1, 0.15) is 0 Å². The van der Waals surface area contributed by atoms with Crippen molar-refractivity contribution in [2.45, 2.75) is 6.54 Å². The first-order valence-electron chi connectivity index (χ1n) is 7.22. The number of benzene rings is 2. The molecule has 0 bridgehead atoms. The van der Waals surface area contributed by atoms with Crippen molar-refractivity contribution in [3.8, 4) is 0 Å². The number of hydrogen-bond donors (Lipinski definition) is 2. The van der Waals surface area contributed by atoms with Crippen molar-refractivity contribution in [3.05, 3.63) is 75.9 Å². The molecule has 2 rings (SSSR count). The van der Waals surface area contributed by atoms with Crippen LogP contribution in [0.4, 0.5) is 4.79 Å². The van der Waals surface area contributed by atoms with Gasteiger partial charge in [-0.05, 0) is 41.5 Å². The number of methoxy groups -OCH3 is 1. The van der Waals surface area contributed by atoms with E-state index < -0.39 is 0 Å². The number of carbonyl (C=O) groups is 2. The van der Waals surface area contributed by atoms with Gasteiger partial charge in [-0.15, -0.1) is 0 Å². The highest BCUT2D eigenvalue weighted by atomic mass is 79.9. The number of esters is 1. The summed E-state index contributed by atoms with van der Waals surface area (Å²) in [7, 11) is 1.34. The van der Waals surface area contributed by atoms with E-state index in [2.05, 4.69) is 31.3 Å². The van der Waals surface area contributed by atoms with Crippen molar-refractivity contribution in [1.29, 1.82) is 0 Å². The molecule has 0 fully saturated rings. The van der Waals surface area contributed by atoms with E-state index in [1.165, 1.54) is 7.11 Å². The van der Waals surface area contributed by atoms with Crippen LogP contribution in [0.2, 0.25) is 0 Å². The van der Waals surface area contributed by atoms with Crippen LogP contribution in [0.3, 0.4) is 0 Å². The van der Waals surface area contributed by atoms with Gasteiger partial charge in [0.15, 0.2) is 0 Å². The monoisotopic (exact) mass is 388 g/mol. The Hall–Kier alpha value is -2.60. The van der Waals surface area contributed by atoms with E-state index >= 15 is 0 Å². The molecule has 0 atom stereocenters. The lowest BCUT2D eigenvalue weighted by molar-refractivity contribution is 0.0600. The van der Waals surface area contributed by atoms with Crippen LogP contribution in [-0.4, -0.2) is 19.1 Å². The lowest BCUT2D eigenvalue weighted by Crippen LogP contribution is -2.31. The van der Waals surface area contributed by atoms with E-state index in [4.69, 9.17) is 0 Å². The minimum absolute atomic E-state index is 0.307. The molecule has 2 aromatic rings. The van der Waals surface area contributed by atoms with Crippen LogP contribution in [0, 0.1) is 0 Å². The Morgan fingerprint density at radius 2 is 1.92 bits per heavy atom. The summed E-state index contributed by atoms with van der Waals surface area (Å²) in [4.78, 5) is 23.1. The maximum Gasteiger partial charge on any atom is 0.337 e. The van der Waals surface area contributed by atoms with Gasteiger partial charge in [0, 0.05) is 17.2 Å². The molecular formula is C18H17BrN2O3. The van der Waals surface area contributed by atoms with Crippen molar-refractivity contribution in [2.75, 3.05) is 7.11 Å². The fraction of sp³-hybridized carbons (Fsp3) is 0.111. The van der Waals surface area contributed by atoms with Crippen LogP contribution in [0.5, 0.6) is 0 Å². The summed E-state index contributed by atoms with van der Waals surface area (Å²) in [5, 5.41) is 5.37. The highest BCUT2D eigenvalue weighted by Crippen LogP contribution is 2.12. The standard InChI is InChI=1S/C18H17BrN2O3/c1-24-17(22)15-7-5-14(6-8-15)12-21-18(23)20-10-9-13-3-2-4-16(19)11-13/h2-11H,12H2,1H3,(H2,20,21,23)/b10-9+. The van der Waals surface area contributed by atoms with Crippen molar-refractivity contribution in [3.63, 3.8) is 0 Å². The molecule has 0 spiro atoms. The number of hydrogen-bond acceptors (Lipinski definition) is 3. The van der Waals surface area contributed by atoms with E-state index in [-0.39, 0.29) is 12.0 Å². The van der Waals surface area contributed by atoms with Crippen molar-refractivity contribution < 1.29 is 14.3 Å². The fourth-order valence-corrected chi connectivity index (χ4v) is 2.35. The third-order valence-corrected chi connectivity index (χ3v) is 3.66. The molecule has 2 N–H and O–H groups in total. The summed E-state index contributed by atoms with van der Waals surface area (Å²) in [5.41, 5.74) is 2.33. The molecule has 5 nitrogen and oxygen atoms in total. The van der Waals surface area contributed by atoms with E-state index in [9.17, 15) is 9.59 Å². The first kappa shape index (κ1) is 17.7. The molecule has 0 aliphatic carbocycles. The Labute approximate surface area is 148 Å². The van der Waals surface area contributed by atoms with Gasteiger partial charge < -0.3 is 15.4 Å². The van der Waals surface area contributed by atoms with E-state index in [1.54, 1.807) is 36.5 Å². The molecule has 0 aliphatic rings. The second kappa shape index (κ2) is 8.88. The Balaban J connectivity index is 1.79. The highest BCUT2D eigenvalue weighted by Gasteiger charge is 2.04. The molecule has 0 saturated carbocycles. The van der Waals surface area contributed by atoms with Crippen LogP contribution in [0.25, 0.3) is 6.08 Å². The number of ether oxygens (including phenoxy) is 1. The van der Waals surface area contributed by atoms with Gasteiger partial charge in [-0.25, -0.2) is 9.59 Å². The van der Waals surface area contributed by atoms with E-state index in [0.717, 1.165) is 15.6 Å². The normalized spacial score (nSPS) is 10.4. The Kier molecular flexibility index (Phi) is 6.57. The molecule has 124 valence electrons. The second-order valence-corrected chi connectivity index (χ2v) is 5.82. The summed E-state index contributed by atoms with van der Waals surface area (Å²) in [6, 6.07) is 14.3. The highest BCUT2D eigenvalue weighted by molar-refractivity contribution is 9.10. The van der Waals surface area contributed by atoms with Crippen LogP contribution in [0.1, 0.15) is 21.5 Å². The molecule has 2 aromatic carbocycles. The van der Waals surface area contributed by atoms with Crippen molar-refractivity contribution in [1.82, 2.24) is 10.6 Å². The lowest BCUT2D eigenvalue weighted by atomic mass is 10.1. The summed E-state index contributed by atoms with van der Waals surface area (Å²) in [5.74, 6) is -0.384. The van der Waals surface area contributed by atoms with Crippen LogP contribution >= 0.6 is 15.9 Å². The fourth-order valence-electron chi connectivity index (χ4n) is 1.93. The summed E-state index contributed by atoms with van der Waals surface area (Å²) in [6.07, 6.45) is 3.38. The van der Waals surface area contributed by atoms with Gasteiger partial charge in [-0.2, -0.15) is 0 Å². The predicted molar refractivity (Wildman–Crippen MR) is 96.3 cm³/mol. The minimum Gasteiger partial charge on any atom is -0.465 e. The molecule has 24 heavy (non-hydrogen) atoms. The third-order valence-electron chi connectivity index (χ3n) is 3.17. The quantitative estimate of drug-likeness (QED) is 0.767. The molecule has 2 amide bonds. The zero-order valence-electron chi connectivity index (χ0n) is 13.1. The number of carbonyl (C=O) groups excluding carboxylic acids is 2. The molecule has 0 saturated heterocycles. The first-order chi connectivity index (χ1) is 11.6. The number of amides is 2. The largest absolute Gasteiger partial charge is 0.465 e. The van der Waals surface area contributed by atoms with Gasteiger partial charge in [-0.1, -0.05) is 40.2 Å². The molecule has 0 unspecified atom stereocenters. The predicted octanol–water partition coefficient (Wildman–Crippen LogP) is 3.71. The summed E-state index contributed by atoms with van der Waals surface area (Å²) < 4.78 is 5.61. The maximum absolute atomic E-state index is 11.7. The van der Waals surface area contributed by atoms with E-state index in [0.29, 0.717) is 12.1 Å². The Bertz CT molecular complexity index is 742. The molecule has 0 aromatic heterocycles. The lowest BCUT2D eigenvalue weighted by Gasteiger charge is -2.06. The SMILES string of the molecule is COC(=O)c1ccc(CNC(=O)N/C=C/c2cccc(Br)c2)cc1. The van der Waals surface area contributed by atoms with Crippen molar-refractivity contribution in [2.24, 2.45) is 0 Å². The molecule has 6 heteroatoms. The van der Waals surface area contributed by atoms with Gasteiger partial charge in [-0.3, -0.25) is 0 Å². The second-order valence-electron chi connectivity index (χ2n) is 4.90. The minimum atomic E-state index is -0.384.